The van der Waals surface area contributed by atoms with Gasteiger partial charge in [-0.2, -0.15) is 4.98 Å². The molecule has 5 nitrogen and oxygen atoms in total. The van der Waals surface area contributed by atoms with E-state index in [-0.39, 0.29) is 0 Å². The molecule has 104 valence electrons. The van der Waals surface area contributed by atoms with Crippen LogP contribution in [0.4, 0.5) is 5.82 Å². The summed E-state index contributed by atoms with van der Waals surface area (Å²) in [7, 11) is 0. The highest BCUT2D eigenvalue weighted by molar-refractivity contribution is 5.41. The summed E-state index contributed by atoms with van der Waals surface area (Å²) in [6.07, 6.45) is 1.09. The molecule has 2 aliphatic heterocycles. The van der Waals surface area contributed by atoms with Crippen molar-refractivity contribution in [1.82, 2.24) is 10.3 Å². The minimum absolute atomic E-state index is 0.518. The van der Waals surface area contributed by atoms with Crippen molar-refractivity contribution in [3.8, 4) is 5.88 Å². The highest BCUT2D eigenvalue weighted by atomic mass is 16.5. The summed E-state index contributed by atoms with van der Waals surface area (Å²) in [5, 5.41) is 3.35. The quantitative estimate of drug-likeness (QED) is 0.875. The number of rotatable bonds is 4. The van der Waals surface area contributed by atoms with Crippen molar-refractivity contribution in [2.45, 2.75) is 6.42 Å². The fourth-order valence-corrected chi connectivity index (χ4v) is 2.47. The molecule has 1 aromatic rings. The van der Waals surface area contributed by atoms with Gasteiger partial charge < -0.3 is 19.7 Å². The van der Waals surface area contributed by atoms with E-state index in [1.807, 2.05) is 12.1 Å². The Kier molecular flexibility index (Phi) is 4.15. The van der Waals surface area contributed by atoms with Crippen molar-refractivity contribution in [3.63, 3.8) is 0 Å². The van der Waals surface area contributed by atoms with E-state index in [9.17, 15) is 0 Å². The van der Waals surface area contributed by atoms with Gasteiger partial charge in [0.05, 0.1) is 13.2 Å². The van der Waals surface area contributed by atoms with E-state index in [4.69, 9.17) is 9.47 Å². The number of hydrogen-bond acceptors (Lipinski definition) is 5. The first-order valence-corrected chi connectivity index (χ1v) is 7.05. The van der Waals surface area contributed by atoms with Crippen LogP contribution in [0.5, 0.6) is 5.88 Å². The molecule has 0 saturated carbocycles. The molecule has 1 aromatic heterocycles. The van der Waals surface area contributed by atoms with Crippen LogP contribution < -0.4 is 15.0 Å². The maximum atomic E-state index is 5.79. The van der Waals surface area contributed by atoms with E-state index in [0.717, 1.165) is 57.5 Å². The molecule has 2 fully saturated rings. The Morgan fingerprint density at radius 2 is 2.26 bits per heavy atom. The van der Waals surface area contributed by atoms with Gasteiger partial charge in [0.15, 0.2) is 0 Å². The SMILES string of the molecule is c1cc(OCC2CCOC2)nc(N2CCNCC2)c1. The fraction of sp³-hybridized carbons (Fsp3) is 0.643. The molecule has 0 spiro atoms. The zero-order valence-corrected chi connectivity index (χ0v) is 11.2. The van der Waals surface area contributed by atoms with Crippen LogP contribution in [0.3, 0.4) is 0 Å². The normalized spacial score (nSPS) is 23.6. The summed E-state index contributed by atoms with van der Waals surface area (Å²) in [5.41, 5.74) is 0. The summed E-state index contributed by atoms with van der Waals surface area (Å²) >= 11 is 0. The molecule has 3 rings (SSSR count). The molecule has 0 aliphatic carbocycles. The van der Waals surface area contributed by atoms with Gasteiger partial charge in [0.25, 0.3) is 0 Å². The molecule has 0 radical (unpaired) electrons. The van der Waals surface area contributed by atoms with E-state index in [1.165, 1.54) is 0 Å². The predicted molar refractivity (Wildman–Crippen MR) is 73.7 cm³/mol. The second-order valence-corrected chi connectivity index (χ2v) is 5.11. The molecule has 1 atom stereocenters. The third-order valence-corrected chi connectivity index (χ3v) is 3.64. The molecular weight excluding hydrogens is 242 g/mol. The minimum Gasteiger partial charge on any atom is -0.477 e. The summed E-state index contributed by atoms with van der Waals surface area (Å²) in [6.45, 7) is 6.44. The second-order valence-electron chi connectivity index (χ2n) is 5.11. The van der Waals surface area contributed by atoms with Gasteiger partial charge in [-0.1, -0.05) is 6.07 Å². The van der Waals surface area contributed by atoms with E-state index >= 15 is 0 Å². The van der Waals surface area contributed by atoms with Gasteiger partial charge in [0.2, 0.25) is 5.88 Å². The molecule has 5 heteroatoms. The van der Waals surface area contributed by atoms with Crippen molar-refractivity contribution >= 4 is 5.82 Å². The number of pyridine rings is 1. The lowest BCUT2D eigenvalue weighted by Crippen LogP contribution is -2.43. The fourth-order valence-electron chi connectivity index (χ4n) is 2.47. The van der Waals surface area contributed by atoms with Crippen molar-refractivity contribution in [2.75, 3.05) is 50.9 Å². The number of aromatic nitrogens is 1. The first kappa shape index (κ1) is 12.7. The Morgan fingerprint density at radius 1 is 1.37 bits per heavy atom. The molecule has 2 aliphatic rings. The highest BCUT2D eigenvalue weighted by Gasteiger charge is 2.17. The largest absolute Gasteiger partial charge is 0.477 e. The second kappa shape index (κ2) is 6.21. The van der Waals surface area contributed by atoms with E-state index in [2.05, 4.69) is 21.3 Å². The summed E-state index contributed by atoms with van der Waals surface area (Å²) in [6, 6.07) is 6.00. The minimum atomic E-state index is 0.518. The van der Waals surface area contributed by atoms with Crippen molar-refractivity contribution < 1.29 is 9.47 Å². The first-order valence-electron chi connectivity index (χ1n) is 7.05. The van der Waals surface area contributed by atoms with Crippen LogP contribution in [-0.2, 0) is 4.74 Å². The third-order valence-electron chi connectivity index (χ3n) is 3.64. The molecular formula is C14H21N3O2. The third kappa shape index (κ3) is 3.36. The predicted octanol–water partition coefficient (Wildman–Crippen LogP) is 0.906. The standard InChI is InChI=1S/C14H21N3O2/c1-2-13(17-7-5-15-6-8-17)16-14(3-1)19-11-12-4-9-18-10-12/h1-3,12,15H,4-11H2. The highest BCUT2D eigenvalue weighted by Crippen LogP contribution is 2.18. The Morgan fingerprint density at radius 3 is 3.05 bits per heavy atom. The van der Waals surface area contributed by atoms with Gasteiger partial charge in [-0.25, -0.2) is 0 Å². The zero-order valence-electron chi connectivity index (χ0n) is 11.2. The van der Waals surface area contributed by atoms with Gasteiger partial charge in [-0.3, -0.25) is 0 Å². The van der Waals surface area contributed by atoms with Gasteiger partial charge in [0.1, 0.15) is 5.82 Å². The van der Waals surface area contributed by atoms with Crippen LogP contribution in [-0.4, -0.2) is 51.0 Å². The van der Waals surface area contributed by atoms with Crippen molar-refractivity contribution in [1.29, 1.82) is 0 Å². The smallest absolute Gasteiger partial charge is 0.215 e. The molecule has 1 N–H and O–H groups in total. The van der Waals surface area contributed by atoms with E-state index in [1.54, 1.807) is 0 Å². The van der Waals surface area contributed by atoms with Gasteiger partial charge in [0, 0.05) is 44.8 Å². The number of hydrogen-bond donors (Lipinski definition) is 1. The number of nitrogens with one attached hydrogen (secondary N) is 1. The average Bonchev–Trinajstić information content (AvgIpc) is 3.00. The van der Waals surface area contributed by atoms with E-state index < -0.39 is 0 Å². The monoisotopic (exact) mass is 263 g/mol. The molecule has 0 amide bonds. The van der Waals surface area contributed by atoms with E-state index in [0.29, 0.717) is 12.5 Å². The van der Waals surface area contributed by atoms with Gasteiger partial charge >= 0.3 is 0 Å². The number of nitrogens with zero attached hydrogens (tertiary/aromatic N) is 2. The van der Waals surface area contributed by atoms with Gasteiger partial charge in [-0.15, -0.1) is 0 Å². The van der Waals surface area contributed by atoms with Crippen LogP contribution in [0.2, 0.25) is 0 Å². The lowest BCUT2D eigenvalue weighted by atomic mass is 10.1. The molecule has 2 saturated heterocycles. The Hall–Kier alpha value is -1.33. The Bertz CT molecular complexity index is 401. The molecule has 3 heterocycles. The summed E-state index contributed by atoms with van der Waals surface area (Å²) in [4.78, 5) is 6.89. The van der Waals surface area contributed by atoms with Crippen LogP contribution in [0.15, 0.2) is 18.2 Å². The maximum Gasteiger partial charge on any atom is 0.215 e. The average molecular weight is 263 g/mol. The van der Waals surface area contributed by atoms with Crippen LogP contribution in [0.1, 0.15) is 6.42 Å². The van der Waals surface area contributed by atoms with Crippen LogP contribution in [0, 0.1) is 5.92 Å². The first-order chi connectivity index (χ1) is 9.42. The maximum absolute atomic E-state index is 5.79. The Balaban J connectivity index is 1.58. The lowest BCUT2D eigenvalue weighted by Gasteiger charge is -2.28. The van der Waals surface area contributed by atoms with Crippen LogP contribution >= 0.6 is 0 Å². The van der Waals surface area contributed by atoms with Crippen LogP contribution in [0.25, 0.3) is 0 Å². The molecule has 0 bridgehead atoms. The van der Waals surface area contributed by atoms with Crippen molar-refractivity contribution in [3.05, 3.63) is 18.2 Å². The molecule has 19 heavy (non-hydrogen) atoms. The number of piperazine rings is 1. The number of ether oxygens (including phenoxy) is 2. The molecule has 1 unspecified atom stereocenters. The van der Waals surface area contributed by atoms with Gasteiger partial charge in [-0.05, 0) is 12.5 Å². The summed E-state index contributed by atoms with van der Waals surface area (Å²) in [5.74, 6) is 2.26. The topological polar surface area (TPSA) is 46.6 Å². The molecule has 0 aromatic carbocycles. The zero-order chi connectivity index (χ0) is 12.9. The lowest BCUT2D eigenvalue weighted by molar-refractivity contribution is 0.165. The summed E-state index contributed by atoms with van der Waals surface area (Å²) < 4.78 is 11.1. The van der Waals surface area contributed by atoms with Crippen molar-refractivity contribution in [2.24, 2.45) is 5.92 Å². The number of anilines is 1. The Labute approximate surface area is 113 Å².